The van der Waals surface area contributed by atoms with Gasteiger partial charge in [0.05, 0.1) is 48.8 Å². The minimum absolute atomic E-state index is 0.0936. The monoisotopic (exact) mass is 334 g/mol. The molecule has 2 atom stereocenters. The second-order valence-corrected chi connectivity index (χ2v) is 8.14. The molecule has 0 aliphatic rings. The Balaban J connectivity index is 4.59. The lowest BCUT2D eigenvalue weighted by Gasteiger charge is -2.35. The summed E-state index contributed by atoms with van der Waals surface area (Å²) in [6, 6.07) is 0. The number of aliphatic hydroxyl groups excluding tert-OH is 1. The van der Waals surface area contributed by atoms with E-state index in [1.165, 1.54) is 0 Å². The summed E-state index contributed by atoms with van der Waals surface area (Å²) in [7, 11) is 0. The van der Waals surface area contributed by atoms with Crippen LogP contribution in [0.2, 0.25) is 0 Å². The predicted octanol–water partition coefficient (Wildman–Crippen LogP) is 2.91. The maximum atomic E-state index is 10.1. The Morgan fingerprint density at radius 1 is 0.826 bits per heavy atom. The molecule has 0 aromatic heterocycles. The van der Waals surface area contributed by atoms with E-state index in [0.29, 0.717) is 26.1 Å². The van der Waals surface area contributed by atoms with Gasteiger partial charge in [0, 0.05) is 12.8 Å². The van der Waals surface area contributed by atoms with Gasteiger partial charge in [0.2, 0.25) is 0 Å². The van der Waals surface area contributed by atoms with Crippen LogP contribution in [-0.2, 0) is 14.2 Å². The molecule has 0 radical (unpaired) electrons. The highest BCUT2D eigenvalue weighted by atomic mass is 16.6. The molecule has 23 heavy (non-hydrogen) atoms. The van der Waals surface area contributed by atoms with E-state index in [9.17, 15) is 10.2 Å². The van der Waals surface area contributed by atoms with Crippen LogP contribution in [0.25, 0.3) is 0 Å². The first-order valence-electron chi connectivity index (χ1n) is 8.62. The Bertz CT molecular complexity index is 307. The van der Waals surface area contributed by atoms with Gasteiger partial charge in [0.25, 0.3) is 0 Å². The van der Waals surface area contributed by atoms with E-state index in [1.54, 1.807) is 13.8 Å². The van der Waals surface area contributed by atoms with Crippen LogP contribution >= 0.6 is 0 Å². The SMILES string of the molecule is CC(C)OCC(O)CC(C)(C)OC(COC(C)C)CC(C)(C)O. The molecular formula is C18H38O5. The molecule has 2 N–H and O–H groups in total. The zero-order chi connectivity index (χ0) is 18.3. The zero-order valence-corrected chi connectivity index (χ0v) is 16.3. The Morgan fingerprint density at radius 3 is 1.74 bits per heavy atom. The van der Waals surface area contributed by atoms with Crippen molar-refractivity contribution in [3.05, 3.63) is 0 Å². The van der Waals surface area contributed by atoms with Crippen molar-refractivity contribution >= 4 is 0 Å². The van der Waals surface area contributed by atoms with Gasteiger partial charge in [0.1, 0.15) is 0 Å². The number of hydrogen-bond acceptors (Lipinski definition) is 5. The first-order chi connectivity index (χ1) is 10.3. The first kappa shape index (κ1) is 22.8. The summed E-state index contributed by atoms with van der Waals surface area (Å²) in [6.07, 6.45) is 0.324. The van der Waals surface area contributed by atoms with Crippen LogP contribution in [0.1, 0.15) is 68.2 Å². The molecule has 0 saturated carbocycles. The summed E-state index contributed by atoms with van der Waals surface area (Å²) < 4.78 is 17.2. The fourth-order valence-electron chi connectivity index (χ4n) is 2.42. The second-order valence-electron chi connectivity index (χ2n) is 8.14. The Kier molecular flexibility index (Phi) is 9.86. The molecule has 0 aliphatic carbocycles. The van der Waals surface area contributed by atoms with Gasteiger partial charge in [-0.1, -0.05) is 0 Å². The Labute approximate surface area is 142 Å². The van der Waals surface area contributed by atoms with Gasteiger partial charge >= 0.3 is 0 Å². The van der Waals surface area contributed by atoms with Crippen LogP contribution in [-0.4, -0.2) is 59.0 Å². The predicted molar refractivity (Wildman–Crippen MR) is 92.7 cm³/mol. The minimum atomic E-state index is -0.833. The molecule has 5 nitrogen and oxygen atoms in total. The first-order valence-corrected chi connectivity index (χ1v) is 8.62. The maximum absolute atomic E-state index is 10.1. The molecule has 0 rings (SSSR count). The number of aliphatic hydroxyl groups is 2. The van der Waals surface area contributed by atoms with Gasteiger partial charge in [-0.15, -0.1) is 0 Å². The summed E-state index contributed by atoms with van der Waals surface area (Å²) in [5.41, 5.74) is -1.36. The van der Waals surface area contributed by atoms with Gasteiger partial charge < -0.3 is 24.4 Å². The summed E-state index contributed by atoms with van der Waals surface area (Å²) in [4.78, 5) is 0. The Morgan fingerprint density at radius 2 is 1.30 bits per heavy atom. The molecule has 0 aromatic rings. The second kappa shape index (κ2) is 9.94. The Hall–Kier alpha value is -0.200. The van der Waals surface area contributed by atoms with Crippen LogP contribution in [0.4, 0.5) is 0 Å². The smallest absolute Gasteiger partial charge is 0.0843 e. The molecule has 0 spiro atoms. The number of hydrogen-bond donors (Lipinski definition) is 2. The summed E-state index contributed by atoms with van der Waals surface area (Å²) in [6.45, 7) is 15.9. The topological polar surface area (TPSA) is 68.2 Å². The summed E-state index contributed by atoms with van der Waals surface area (Å²) in [5, 5.41) is 20.2. The van der Waals surface area contributed by atoms with Crippen LogP contribution in [0.3, 0.4) is 0 Å². The lowest BCUT2D eigenvalue weighted by Crippen LogP contribution is -2.41. The number of rotatable bonds is 12. The molecule has 0 amide bonds. The highest BCUT2D eigenvalue weighted by Crippen LogP contribution is 2.24. The molecule has 0 heterocycles. The normalized spacial score (nSPS) is 16.2. The van der Waals surface area contributed by atoms with Gasteiger partial charge in [0.15, 0.2) is 0 Å². The van der Waals surface area contributed by atoms with Crippen LogP contribution in [0, 0.1) is 0 Å². The van der Waals surface area contributed by atoms with Gasteiger partial charge in [-0.2, -0.15) is 0 Å². The molecule has 0 bridgehead atoms. The molecule has 140 valence electrons. The molecule has 0 saturated heterocycles. The molecule has 0 aliphatic heterocycles. The van der Waals surface area contributed by atoms with Gasteiger partial charge in [-0.3, -0.25) is 0 Å². The van der Waals surface area contributed by atoms with E-state index >= 15 is 0 Å². The van der Waals surface area contributed by atoms with E-state index in [-0.39, 0.29) is 18.3 Å². The minimum Gasteiger partial charge on any atom is -0.391 e. The molecule has 0 fully saturated rings. The average molecular weight is 334 g/mol. The third-order valence-electron chi connectivity index (χ3n) is 3.18. The van der Waals surface area contributed by atoms with Crippen LogP contribution in [0.15, 0.2) is 0 Å². The van der Waals surface area contributed by atoms with Crippen molar-refractivity contribution in [2.24, 2.45) is 0 Å². The zero-order valence-electron chi connectivity index (χ0n) is 16.3. The van der Waals surface area contributed by atoms with E-state index in [1.807, 2.05) is 41.5 Å². The molecule has 2 unspecified atom stereocenters. The molecular weight excluding hydrogens is 296 g/mol. The molecule has 5 heteroatoms. The van der Waals surface area contributed by atoms with Crippen molar-refractivity contribution in [2.75, 3.05) is 13.2 Å². The lowest BCUT2D eigenvalue weighted by molar-refractivity contribution is -0.146. The van der Waals surface area contributed by atoms with Crippen molar-refractivity contribution in [2.45, 2.75) is 104 Å². The third kappa shape index (κ3) is 13.9. The summed E-state index contributed by atoms with van der Waals surface area (Å²) in [5.74, 6) is 0. The van der Waals surface area contributed by atoms with Gasteiger partial charge in [-0.25, -0.2) is 0 Å². The fraction of sp³-hybridized carbons (Fsp3) is 1.00. The third-order valence-corrected chi connectivity index (χ3v) is 3.18. The van der Waals surface area contributed by atoms with Crippen LogP contribution < -0.4 is 0 Å². The standard InChI is InChI=1S/C18H38O5/c1-13(2)21-11-15(19)9-18(7,8)23-16(10-17(5,6)20)12-22-14(3)4/h13-16,19-20H,9-12H2,1-8H3. The number of ether oxygens (including phenoxy) is 3. The van der Waals surface area contributed by atoms with Crippen molar-refractivity contribution in [1.82, 2.24) is 0 Å². The van der Waals surface area contributed by atoms with Crippen molar-refractivity contribution < 1.29 is 24.4 Å². The van der Waals surface area contributed by atoms with Crippen molar-refractivity contribution in [3.63, 3.8) is 0 Å². The van der Waals surface area contributed by atoms with Crippen LogP contribution in [0.5, 0.6) is 0 Å². The highest BCUT2D eigenvalue weighted by Gasteiger charge is 2.30. The molecule has 0 aromatic carbocycles. The highest BCUT2D eigenvalue weighted by molar-refractivity contribution is 4.79. The van der Waals surface area contributed by atoms with E-state index in [2.05, 4.69) is 0 Å². The van der Waals surface area contributed by atoms with Crippen molar-refractivity contribution in [1.29, 1.82) is 0 Å². The van der Waals surface area contributed by atoms with E-state index < -0.39 is 17.3 Å². The maximum Gasteiger partial charge on any atom is 0.0843 e. The fourth-order valence-corrected chi connectivity index (χ4v) is 2.42. The van der Waals surface area contributed by atoms with E-state index in [4.69, 9.17) is 14.2 Å². The quantitative estimate of drug-likeness (QED) is 0.574. The van der Waals surface area contributed by atoms with E-state index in [0.717, 1.165) is 0 Å². The van der Waals surface area contributed by atoms with Gasteiger partial charge in [-0.05, 0) is 55.4 Å². The summed E-state index contributed by atoms with van der Waals surface area (Å²) >= 11 is 0. The lowest BCUT2D eigenvalue weighted by atomic mass is 9.97. The largest absolute Gasteiger partial charge is 0.391 e. The van der Waals surface area contributed by atoms with Crippen molar-refractivity contribution in [3.8, 4) is 0 Å². The average Bonchev–Trinajstić information content (AvgIpc) is 2.30.